The Morgan fingerprint density at radius 1 is 0.650 bits per heavy atom. The Labute approximate surface area is 121 Å². The van der Waals surface area contributed by atoms with Gasteiger partial charge in [-0.1, -0.05) is 71.5 Å². The summed E-state index contributed by atoms with van der Waals surface area (Å²) in [7, 11) is 0. The summed E-state index contributed by atoms with van der Waals surface area (Å²) in [5.41, 5.74) is 5.87. The average Bonchev–Trinajstić information content (AvgIpc) is 2.47. The molecule has 0 saturated carbocycles. The molecule has 0 spiro atoms. The fourth-order valence-corrected chi connectivity index (χ4v) is 2.04. The van der Waals surface area contributed by atoms with Crippen LogP contribution in [-0.2, 0) is 0 Å². The molecule has 0 unspecified atom stereocenters. The van der Waals surface area contributed by atoms with Crippen molar-refractivity contribution in [3.63, 3.8) is 0 Å². The van der Waals surface area contributed by atoms with Crippen molar-refractivity contribution in [1.82, 2.24) is 0 Å². The second-order valence-corrected chi connectivity index (χ2v) is 4.77. The van der Waals surface area contributed by atoms with E-state index in [1.54, 1.807) is 0 Å². The normalized spacial score (nSPS) is 11.2. The predicted octanol–water partition coefficient (Wildman–Crippen LogP) is 4.48. The lowest BCUT2D eigenvalue weighted by Crippen LogP contribution is -1.90. The molecule has 0 aromatic heterocycles. The van der Waals surface area contributed by atoms with E-state index in [1.165, 1.54) is 11.1 Å². The largest absolute Gasteiger partial charge is 0.115 e. The van der Waals surface area contributed by atoms with E-state index in [0.29, 0.717) is 0 Å². The van der Waals surface area contributed by atoms with E-state index in [1.807, 2.05) is 62.4 Å². The summed E-state index contributed by atoms with van der Waals surface area (Å²) in [6.07, 6.45) is 11.4. The van der Waals surface area contributed by atoms with Gasteiger partial charge in [0.1, 0.15) is 0 Å². The molecule has 0 saturated heterocycles. The second kappa shape index (κ2) is 5.96. The van der Waals surface area contributed by atoms with Crippen LogP contribution in [-0.4, -0.2) is 0 Å². The van der Waals surface area contributed by atoms with E-state index in [9.17, 15) is 0 Å². The number of benzene rings is 2. The summed E-state index contributed by atoms with van der Waals surface area (Å²) in [6, 6.07) is 16.2. The summed E-state index contributed by atoms with van der Waals surface area (Å²) >= 11 is 0. The smallest absolute Gasteiger partial charge is 0.0477 e. The molecule has 0 heterocycles. The van der Waals surface area contributed by atoms with Gasteiger partial charge in [-0.3, -0.25) is 0 Å². The summed E-state index contributed by atoms with van der Waals surface area (Å²) < 4.78 is 0. The van der Waals surface area contributed by atoms with Crippen LogP contribution in [0.3, 0.4) is 0 Å². The van der Waals surface area contributed by atoms with Crippen LogP contribution >= 0.6 is 0 Å². The average molecular weight is 256 g/mol. The van der Waals surface area contributed by atoms with Gasteiger partial charge in [-0.25, -0.2) is 0 Å². The first-order chi connectivity index (χ1) is 9.65. The van der Waals surface area contributed by atoms with E-state index < -0.39 is 0 Å². The first-order valence-electron chi connectivity index (χ1n) is 6.47. The Bertz CT molecular complexity index is 646. The van der Waals surface area contributed by atoms with Gasteiger partial charge in [-0.15, -0.1) is 12.8 Å². The van der Waals surface area contributed by atoms with Crippen molar-refractivity contribution in [2.75, 3.05) is 0 Å². The highest BCUT2D eigenvalue weighted by Crippen LogP contribution is 2.26. The number of rotatable bonds is 2. The number of terminal acetylenes is 2. The van der Waals surface area contributed by atoms with Crippen molar-refractivity contribution in [2.45, 2.75) is 13.8 Å². The molecule has 0 aliphatic carbocycles. The lowest BCUT2D eigenvalue weighted by molar-refractivity contribution is 1.45. The number of aryl methyl sites for hydroxylation is 2. The third kappa shape index (κ3) is 2.82. The topological polar surface area (TPSA) is 0 Å². The van der Waals surface area contributed by atoms with E-state index in [-0.39, 0.29) is 0 Å². The molecule has 2 rings (SSSR count). The van der Waals surface area contributed by atoms with Crippen LogP contribution in [0.5, 0.6) is 0 Å². The fraction of sp³-hybridized carbons (Fsp3) is 0.100. The maximum absolute atomic E-state index is 5.68. The zero-order chi connectivity index (χ0) is 14.5. The van der Waals surface area contributed by atoms with Crippen LogP contribution in [0.2, 0.25) is 0 Å². The van der Waals surface area contributed by atoms with Crippen LogP contribution in [0.1, 0.15) is 22.3 Å². The van der Waals surface area contributed by atoms with E-state index in [4.69, 9.17) is 12.8 Å². The molecule has 2 aromatic carbocycles. The molecule has 0 aliphatic rings. The zero-order valence-corrected chi connectivity index (χ0v) is 11.8. The van der Waals surface area contributed by atoms with Gasteiger partial charge < -0.3 is 0 Å². The van der Waals surface area contributed by atoms with Crippen LogP contribution in [0.4, 0.5) is 0 Å². The van der Waals surface area contributed by atoms with Gasteiger partial charge >= 0.3 is 0 Å². The molecule has 0 nitrogen and oxygen atoms in total. The standard InChI is InChI=1S/C20H16/c1-5-19(17-11-7-15(3)8-12-17)20(6-2)18-13-9-16(4)10-14-18/h1-2,7-14H,3-4H3/b20-19+. The van der Waals surface area contributed by atoms with Gasteiger partial charge in [0.15, 0.2) is 0 Å². The molecular weight excluding hydrogens is 240 g/mol. The van der Waals surface area contributed by atoms with Gasteiger partial charge in [-0.05, 0) is 25.0 Å². The summed E-state index contributed by atoms with van der Waals surface area (Å²) in [6.45, 7) is 4.09. The monoisotopic (exact) mass is 256 g/mol. The minimum absolute atomic E-state index is 0.761. The zero-order valence-electron chi connectivity index (χ0n) is 11.8. The first kappa shape index (κ1) is 13.7. The van der Waals surface area contributed by atoms with Crippen molar-refractivity contribution in [3.8, 4) is 24.7 Å². The second-order valence-electron chi connectivity index (χ2n) is 4.77. The van der Waals surface area contributed by atoms with Gasteiger partial charge in [0.25, 0.3) is 0 Å². The Morgan fingerprint density at radius 3 is 1.20 bits per heavy atom. The third-order valence-electron chi connectivity index (χ3n) is 3.22. The third-order valence-corrected chi connectivity index (χ3v) is 3.22. The van der Waals surface area contributed by atoms with Crippen molar-refractivity contribution < 1.29 is 0 Å². The Hall–Kier alpha value is -2.70. The lowest BCUT2D eigenvalue weighted by atomic mass is 9.94. The predicted molar refractivity (Wildman–Crippen MR) is 86.8 cm³/mol. The highest BCUT2D eigenvalue weighted by molar-refractivity contribution is 6.03. The summed E-state index contributed by atoms with van der Waals surface area (Å²) in [5, 5.41) is 0. The number of hydrogen-bond acceptors (Lipinski definition) is 0. The Kier molecular flexibility index (Phi) is 4.09. The minimum Gasteiger partial charge on any atom is -0.115 e. The first-order valence-corrected chi connectivity index (χ1v) is 6.47. The SMILES string of the molecule is C#C/C(=C(/C#C)c1ccc(C)cc1)c1ccc(C)cc1. The molecule has 20 heavy (non-hydrogen) atoms. The van der Waals surface area contributed by atoms with Crippen LogP contribution in [0.15, 0.2) is 48.5 Å². The van der Waals surface area contributed by atoms with Crippen molar-refractivity contribution in [2.24, 2.45) is 0 Å². The Morgan fingerprint density at radius 2 is 0.950 bits per heavy atom. The molecule has 2 aromatic rings. The highest BCUT2D eigenvalue weighted by atomic mass is 14.1. The molecule has 0 bridgehead atoms. The maximum atomic E-state index is 5.68. The fourth-order valence-electron chi connectivity index (χ4n) is 2.04. The minimum atomic E-state index is 0.761. The van der Waals surface area contributed by atoms with Crippen LogP contribution in [0.25, 0.3) is 11.1 Å². The summed E-state index contributed by atoms with van der Waals surface area (Å²) in [5.74, 6) is 5.48. The maximum Gasteiger partial charge on any atom is 0.0477 e. The van der Waals surface area contributed by atoms with E-state index >= 15 is 0 Å². The molecule has 0 aliphatic heterocycles. The van der Waals surface area contributed by atoms with Crippen molar-refractivity contribution in [3.05, 3.63) is 70.8 Å². The molecule has 0 fully saturated rings. The van der Waals surface area contributed by atoms with Crippen molar-refractivity contribution in [1.29, 1.82) is 0 Å². The van der Waals surface area contributed by atoms with Gasteiger partial charge in [-0.2, -0.15) is 0 Å². The Balaban J connectivity index is 2.60. The molecule has 0 N–H and O–H groups in total. The molecule has 0 radical (unpaired) electrons. The molecular formula is C20H16. The van der Waals surface area contributed by atoms with Gasteiger partial charge in [0.05, 0.1) is 0 Å². The van der Waals surface area contributed by atoms with E-state index in [2.05, 4.69) is 11.8 Å². The molecule has 96 valence electrons. The molecule has 0 amide bonds. The van der Waals surface area contributed by atoms with Crippen LogP contribution in [0, 0.1) is 38.5 Å². The summed E-state index contributed by atoms with van der Waals surface area (Å²) in [4.78, 5) is 0. The highest BCUT2D eigenvalue weighted by Gasteiger charge is 2.07. The number of allylic oxidation sites excluding steroid dienone is 2. The van der Waals surface area contributed by atoms with Gasteiger partial charge in [0, 0.05) is 11.1 Å². The van der Waals surface area contributed by atoms with Crippen molar-refractivity contribution >= 4 is 11.1 Å². The van der Waals surface area contributed by atoms with Gasteiger partial charge in [0.2, 0.25) is 0 Å². The number of hydrogen-bond donors (Lipinski definition) is 0. The molecule has 0 heteroatoms. The molecule has 0 atom stereocenters. The van der Waals surface area contributed by atoms with Crippen LogP contribution < -0.4 is 0 Å². The quantitative estimate of drug-likeness (QED) is 0.549. The van der Waals surface area contributed by atoms with E-state index in [0.717, 1.165) is 22.3 Å². The lowest BCUT2D eigenvalue weighted by Gasteiger charge is -2.08.